The number of nitrogens with one attached hydrogen (secondary N) is 1. The van der Waals surface area contributed by atoms with Crippen LogP contribution in [0.3, 0.4) is 0 Å². The van der Waals surface area contributed by atoms with Crippen LogP contribution >= 0.6 is 15.9 Å². The topological polar surface area (TPSA) is 12.0 Å². The standard InChI is InChI=1S/C11H13BrFN/c12-8-4-5-10(13)9(7-8)11-3-1-2-6-14-11/h4-5,7,11,14H,1-3,6H2. The van der Waals surface area contributed by atoms with Crippen molar-refractivity contribution in [3.63, 3.8) is 0 Å². The third-order valence-corrected chi connectivity index (χ3v) is 3.14. The molecule has 0 spiro atoms. The maximum absolute atomic E-state index is 13.5. The molecule has 1 aromatic rings. The first-order valence-corrected chi connectivity index (χ1v) is 5.75. The molecular formula is C11H13BrFN. The molecule has 2 rings (SSSR count). The van der Waals surface area contributed by atoms with Gasteiger partial charge in [0, 0.05) is 16.1 Å². The van der Waals surface area contributed by atoms with Gasteiger partial charge in [-0.1, -0.05) is 22.4 Å². The second-order valence-electron chi connectivity index (χ2n) is 3.67. The van der Waals surface area contributed by atoms with E-state index in [1.165, 1.54) is 18.9 Å². The first kappa shape index (κ1) is 10.1. The van der Waals surface area contributed by atoms with E-state index >= 15 is 0 Å². The molecule has 1 saturated heterocycles. The summed E-state index contributed by atoms with van der Waals surface area (Å²) in [5, 5.41) is 3.34. The fourth-order valence-electron chi connectivity index (χ4n) is 1.90. The lowest BCUT2D eigenvalue weighted by Gasteiger charge is -2.24. The monoisotopic (exact) mass is 257 g/mol. The largest absolute Gasteiger partial charge is 0.310 e. The SMILES string of the molecule is Fc1ccc(Br)cc1C1CCCCN1. The van der Waals surface area contributed by atoms with Crippen LogP contribution in [0.4, 0.5) is 4.39 Å². The molecule has 0 bridgehead atoms. The van der Waals surface area contributed by atoms with Crippen LogP contribution in [-0.4, -0.2) is 6.54 Å². The summed E-state index contributed by atoms with van der Waals surface area (Å²) in [6, 6.07) is 5.33. The summed E-state index contributed by atoms with van der Waals surface area (Å²) in [4.78, 5) is 0. The minimum atomic E-state index is -0.104. The van der Waals surface area contributed by atoms with Crippen molar-refractivity contribution in [3.8, 4) is 0 Å². The van der Waals surface area contributed by atoms with Gasteiger partial charge in [0.05, 0.1) is 0 Å². The molecule has 1 aliphatic rings. The summed E-state index contributed by atoms with van der Waals surface area (Å²) in [6.45, 7) is 0.997. The van der Waals surface area contributed by atoms with E-state index in [9.17, 15) is 4.39 Å². The molecular weight excluding hydrogens is 245 g/mol. The van der Waals surface area contributed by atoms with Crippen molar-refractivity contribution in [2.75, 3.05) is 6.54 Å². The van der Waals surface area contributed by atoms with Crippen LogP contribution < -0.4 is 5.32 Å². The van der Waals surface area contributed by atoms with Gasteiger partial charge in [0.1, 0.15) is 5.82 Å². The van der Waals surface area contributed by atoms with E-state index in [4.69, 9.17) is 0 Å². The molecule has 0 aromatic heterocycles. The molecule has 1 N–H and O–H groups in total. The van der Waals surface area contributed by atoms with Gasteiger partial charge < -0.3 is 5.32 Å². The maximum atomic E-state index is 13.5. The number of piperidine rings is 1. The van der Waals surface area contributed by atoms with E-state index in [2.05, 4.69) is 21.2 Å². The molecule has 1 aromatic carbocycles. The number of rotatable bonds is 1. The molecule has 3 heteroatoms. The van der Waals surface area contributed by atoms with Crippen LogP contribution in [0, 0.1) is 5.82 Å². The Morgan fingerprint density at radius 2 is 2.21 bits per heavy atom. The number of benzene rings is 1. The van der Waals surface area contributed by atoms with Gasteiger partial charge in [-0.3, -0.25) is 0 Å². The molecule has 0 aliphatic carbocycles. The zero-order chi connectivity index (χ0) is 9.97. The maximum Gasteiger partial charge on any atom is 0.128 e. The van der Waals surface area contributed by atoms with Gasteiger partial charge in [-0.15, -0.1) is 0 Å². The smallest absolute Gasteiger partial charge is 0.128 e. The number of hydrogen-bond acceptors (Lipinski definition) is 1. The normalized spacial score (nSPS) is 22.3. The number of hydrogen-bond donors (Lipinski definition) is 1. The Morgan fingerprint density at radius 1 is 1.36 bits per heavy atom. The summed E-state index contributed by atoms with van der Waals surface area (Å²) < 4.78 is 14.4. The van der Waals surface area contributed by atoms with Crippen molar-refractivity contribution < 1.29 is 4.39 Å². The second kappa shape index (κ2) is 4.41. The summed E-state index contributed by atoms with van der Waals surface area (Å²) >= 11 is 3.37. The lowest BCUT2D eigenvalue weighted by molar-refractivity contribution is 0.400. The van der Waals surface area contributed by atoms with Crippen LogP contribution in [-0.2, 0) is 0 Å². The minimum absolute atomic E-state index is 0.104. The molecule has 14 heavy (non-hydrogen) atoms. The second-order valence-corrected chi connectivity index (χ2v) is 4.58. The first-order chi connectivity index (χ1) is 6.77. The van der Waals surface area contributed by atoms with E-state index in [-0.39, 0.29) is 11.9 Å². The fourth-order valence-corrected chi connectivity index (χ4v) is 2.28. The highest BCUT2D eigenvalue weighted by atomic mass is 79.9. The Hall–Kier alpha value is -0.410. The predicted octanol–water partition coefficient (Wildman–Crippen LogP) is 3.40. The Bertz CT molecular complexity index is 321. The average Bonchev–Trinajstić information content (AvgIpc) is 2.23. The van der Waals surface area contributed by atoms with Crippen molar-refractivity contribution in [3.05, 3.63) is 34.1 Å². The molecule has 1 fully saturated rings. The molecule has 1 nitrogen and oxygen atoms in total. The zero-order valence-electron chi connectivity index (χ0n) is 7.89. The van der Waals surface area contributed by atoms with E-state index in [0.29, 0.717) is 0 Å². The quantitative estimate of drug-likeness (QED) is 0.814. The Labute approximate surface area is 91.8 Å². The third kappa shape index (κ3) is 2.15. The summed E-state index contributed by atoms with van der Waals surface area (Å²) in [5.74, 6) is -0.104. The van der Waals surface area contributed by atoms with Gasteiger partial charge >= 0.3 is 0 Å². The third-order valence-electron chi connectivity index (χ3n) is 2.64. The van der Waals surface area contributed by atoms with Gasteiger partial charge in [-0.05, 0) is 37.6 Å². The van der Waals surface area contributed by atoms with Gasteiger partial charge in [-0.2, -0.15) is 0 Å². The van der Waals surface area contributed by atoms with Gasteiger partial charge in [0.25, 0.3) is 0 Å². The molecule has 1 aliphatic heterocycles. The fraction of sp³-hybridized carbons (Fsp3) is 0.455. The zero-order valence-corrected chi connectivity index (χ0v) is 9.48. The highest BCUT2D eigenvalue weighted by Gasteiger charge is 2.17. The average molecular weight is 258 g/mol. The van der Waals surface area contributed by atoms with E-state index in [0.717, 1.165) is 23.0 Å². The molecule has 0 amide bonds. The van der Waals surface area contributed by atoms with Crippen molar-refractivity contribution in [1.29, 1.82) is 0 Å². The minimum Gasteiger partial charge on any atom is -0.310 e. The number of halogens is 2. The Balaban J connectivity index is 2.24. The summed E-state index contributed by atoms with van der Waals surface area (Å²) in [6.07, 6.45) is 3.42. The molecule has 0 saturated carbocycles. The molecule has 1 unspecified atom stereocenters. The van der Waals surface area contributed by atoms with E-state index in [1.807, 2.05) is 6.07 Å². The summed E-state index contributed by atoms with van der Waals surface area (Å²) in [7, 11) is 0. The molecule has 1 heterocycles. The lowest BCUT2D eigenvalue weighted by atomic mass is 9.97. The van der Waals surface area contributed by atoms with Gasteiger partial charge in [0.15, 0.2) is 0 Å². The van der Waals surface area contributed by atoms with Crippen LogP contribution in [0.25, 0.3) is 0 Å². The first-order valence-electron chi connectivity index (χ1n) is 4.96. The van der Waals surface area contributed by atoms with Crippen molar-refractivity contribution in [1.82, 2.24) is 5.32 Å². The van der Waals surface area contributed by atoms with Gasteiger partial charge in [0.2, 0.25) is 0 Å². The van der Waals surface area contributed by atoms with Gasteiger partial charge in [-0.25, -0.2) is 4.39 Å². The lowest BCUT2D eigenvalue weighted by Crippen LogP contribution is -2.27. The summed E-state index contributed by atoms with van der Waals surface area (Å²) in [5.41, 5.74) is 0.791. The van der Waals surface area contributed by atoms with Crippen LogP contribution in [0.2, 0.25) is 0 Å². The molecule has 0 radical (unpaired) electrons. The van der Waals surface area contributed by atoms with Crippen LogP contribution in [0.15, 0.2) is 22.7 Å². The van der Waals surface area contributed by atoms with Crippen molar-refractivity contribution >= 4 is 15.9 Å². The van der Waals surface area contributed by atoms with E-state index in [1.54, 1.807) is 6.07 Å². The Kier molecular flexibility index (Phi) is 3.19. The predicted molar refractivity (Wildman–Crippen MR) is 58.7 cm³/mol. The molecule has 1 atom stereocenters. The highest BCUT2D eigenvalue weighted by molar-refractivity contribution is 9.10. The molecule has 76 valence electrons. The van der Waals surface area contributed by atoms with Crippen molar-refractivity contribution in [2.24, 2.45) is 0 Å². The van der Waals surface area contributed by atoms with Crippen LogP contribution in [0.1, 0.15) is 30.9 Å². The van der Waals surface area contributed by atoms with E-state index < -0.39 is 0 Å². The Morgan fingerprint density at radius 3 is 2.93 bits per heavy atom. The van der Waals surface area contributed by atoms with Crippen LogP contribution in [0.5, 0.6) is 0 Å². The van der Waals surface area contributed by atoms with Crippen molar-refractivity contribution in [2.45, 2.75) is 25.3 Å². The highest BCUT2D eigenvalue weighted by Crippen LogP contribution is 2.27.